The molecule has 0 radical (unpaired) electrons. The third-order valence-electron chi connectivity index (χ3n) is 2.63. The van der Waals surface area contributed by atoms with Crippen molar-refractivity contribution in [3.8, 4) is 6.07 Å². The van der Waals surface area contributed by atoms with Gasteiger partial charge in [-0.1, -0.05) is 12.1 Å². The number of rotatable bonds is 3. The molecule has 5 heteroatoms. The summed E-state index contributed by atoms with van der Waals surface area (Å²) in [6.45, 7) is 1.74. The van der Waals surface area contributed by atoms with Gasteiger partial charge in [-0.15, -0.1) is 0 Å². The van der Waals surface area contributed by atoms with Crippen molar-refractivity contribution in [2.45, 2.75) is 13.5 Å². The summed E-state index contributed by atoms with van der Waals surface area (Å²) in [5.41, 5.74) is 1.32. The van der Waals surface area contributed by atoms with Gasteiger partial charge in [-0.25, -0.2) is 9.78 Å². The minimum absolute atomic E-state index is 0.0561. The number of hydrogen-bond acceptors (Lipinski definition) is 4. The highest BCUT2D eigenvalue weighted by atomic mass is 16.2. The fraction of sp³-hybridized carbons (Fsp3) is 0.143. The molecular weight excluding hydrogens is 242 g/mol. The highest BCUT2D eigenvalue weighted by Crippen LogP contribution is 2.05. The first-order valence-electron chi connectivity index (χ1n) is 5.66. The predicted octanol–water partition coefficient (Wildman–Crippen LogP) is 1.31. The molecule has 0 spiro atoms. The second-order valence-electron chi connectivity index (χ2n) is 4.15. The maximum atomic E-state index is 12.0. The zero-order valence-electron chi connectivity index (χ0n) is 10.3. The average molecular weight is 253 g/mol. The molecule has 19 heavy (non-hydrogen) atoms. The van der Waals surface area contributed by atoms with Crippen molar-refractivity contribution >= 4 is 5.78 Å². The van der Waals surface area contributed by atoms with Gasteiger partial charge >= 0.3 is 5.69 Å². The maximum absolute atomic E-state index is 12.0. The van der Waals surface area contributed by atoms with Crippen molar-refractivity contribution in [3.05, 3.63) is 63.8 Å². The monoisotopic (exact) mass is 253 g/mol. The van der Waals surface area contributed by atoms with E-state index in [1.54, 1.807) is 37.4 Å². The fourth-order valence-corrected chi connectivity index (χ4v) is 1.66. The van der Waals surface area contributed by atoms with Crippen LogP contribution in [-0.4, -0.2) is 15.3 Å². The van der Waals surface area contributed by atoms with E-state index in [4.69, 9.17) is 5.26 Å². The van der Waals surface area contributed by atoms with E-state index in [-0.39, 0.29) is 12.3 Å². The molecule has 0 aliphatic heterocycles. The molecule has 0 amide bonds. The molecule has 0 N–H and O–H groups in total. The van der Waals surface area contributed by atoms with E-state index in [1.807, 2.05) is 6.07 Å². The Morgan fingerprint density at radius 2 is 2.05 bits per heavy atom. The largest absolute Gasteiger partial charge is 0.347 e. The smallest absolute Gasteiger partial charge is 0.292 e. The van der Waals surface area contributed by atoms with Crippen molar-refractivity contribution in [2.75, 3.05) is 0 Å². The van der Waals surface area contributed by atoms with Crippen LogP contribution in [0.4, 0.5) is 0 Å². The predicted molar refractivity (Wildman–Crippen MR) is 68.7 cm³/mol. The number of nitriles is 1. The lowest BCUT2D eigenvalue weighted by atomic mass is 10.1. The van der Waals surface area contributed by atoms with E-state index >= 15 is 0 Å². The number of carbonyl (C=O) groups is 1. The Hall–Kier alpha value is -2.74. The van der Waals surface area contributed by atoms with Crippen molar-refractivity contribution < 1.29 is 4.79 Å². The Morgan fingerprint density at radius 1 is 1.37 bits per heavy atom. The Balaban J connectivity index is 2.23. The van der Waals surface area contributed by atoms with E-state index in [2.05, 4.69) is 4.98 Å². The molecule has 1 aromatic carbocycles. The first-order chi connectivity index (χ1) is 9.10. The second-order valence-corrected chi connectivity index (χ2v) is 4.15. The molecule has 1 aromatic heterocycles. The first kappa shape index (κ1) is 12.7. The summed E-state index contributed by atoms with van der Waals surface area (Å²) >= 11 is 0. The van der Waals surface area contributed by atoms with Crippen LogP contribution < -0.4 is 5.69 Å². The van der Waals surface area contributed by atoms with E-state index in [0.717, 1.165) is 5.56 Å². The van der Waals surface area contributed by atoms with Crippen LogP contribution in [0, 0.1) is 18.3 Å². The van der Waals surface area contributed by atoms with Crippen LogP contribution >= 0.6 is 0 Å². The number of Topliss-reactive ketones (excluding diaryl/α,β-unsaturated/α-hetero) is 1. The van der Waals surface area contributed by atoms with Gasteiger partial charge in [-0.2, -0.15) is 5.26 Å². The van der Waals surface area contributed by atoms with Gasteiger partial charge in [0.2, 0.25) is 0 Å². The summed E-state index contributed by atoms with van der Waals surface area (Å²) in [5.74, 6) is -0.195. The van der Waals surface area contributed by atoms with Gasteiger partial charge in [-0.3, -0.25) is 9.36 Å². The molecule has 2 rings (SSSR count). The van der Waals surface area contributed by atoms with Crippen molar-refractivity contribution in [3.63, 3.8) is 0 Å². The molecule has 2 aromatic rings. The Morgan fingerprint density at radius 3 is 2.68 bits per heavy atom. The van der Waals surface area contributed by atoms with Crippen LogP contribution in [0.2, 0.25) is 0 Å². The fourth-order valence-electron chi connectivity index (χ4n) is 1.66. The lowest BCUT2D eigenvalue weighted by Gasteiger charge is -2.05. The number of carbonyl (C=O) groups excluding carboxylic acids is 1. The number of hydrogen-bond donors (Lipinski definition) is 0. The number of benzene rings is 1. The van der Waals surface area contributed by atoms with Crippen LogP contribution in [0.25, 0.3) is 0 Å². The van der Waals surface area contributed by atoms with Gasteiger partial charge in [0.05, 0.1) is 18.2 Å². The SMILES string of the molecule is Cc1cnc(=O)n(CC(=O)c2ccc(C#N)cc2)c1. The van der Waals surface area contributed by atoms with Gasteiger partial charge in [0, 0.05) is 18.0 Å². The summed E-state index contributed by atoms with van der Waals surface area (Å²) in [4.78, 5) is 27.2. The quantitative estimate of drug-likeness (QED) is 0.773. The first-order valence-corrected chi connectivity index (χ1v) is 5.66. The Kier molecular flexibility index (Phi) is 3.53. The zero-order chi connectivity index (χ0) is 13.8. The summed E-state index contributed by atoms with van der Waals surface area (Å²) in [6.07, 6.45) is 3.06. The molecule has 94 valence electrons. The highest BCUT2D eigenvalue weighted by molar-refractivity contribution is 5.95. The van der Waals surface area contributed by atoms with Gasteiger partial charge < -0.3 is 0 Å². The summed E-state index contributed by atoms with van der Waals surface area (Å²) in [6, 6.07) is 8.29. The van der Waals surface area contributed by atoms with E-state index in [1.165, 1.54) is 10.8 Å². The topological polar surface area (TPSA) is 75.8 Å². The number of ketones is 1. The zero-order valence-corrected chi connectivity index (χ0v) is 10.3. The van der Waals surface area contributed by atoms with Crippen molar-refractivity contribution in [1.29, 1.82) is 5.26 Å². The molecule has 0 aliphatic rings. The molecule has 0 atom stereocenters. The minimum Gasteiger partial charge on any atom is -0.292 e. The normalized spacial score (nSPS) is 9.89. The lowest BCUT2D eigenvalue weighted by Crippen LogP contribution is -2.26. The number of aromatic nitrogens is 2. The van der Waals surface area contributed by atoms with E-state index < -0.39 is 5.69 Å². The summed E-state index contributed by atoms with van der Waals surface area (Å²) in [5, 5.41) is 8.68. The van der Waals surface area contributed by atoms with Crippen molar-refractivity contribution in [1.82, 2.24) is 9.55 Å². The van der Waals surface area contributed by atoms with E-state index in [0.29, 0.717) is 11.1 Å². The third-order valence-corrected chi connectivity index (χ3v) is 2.63. The van der Waals surface area contributed by atoms with Crippen molar-refractivity contribution in [2.24, 2.45) is 0 Å². The highest BCUT2D eigenvalue weighted by Gasteiger charge is 2.08. The van der Waals surface area contributed by atoms with Gasteiger partial charge in [0.1, 0.15) is 0 Å². The van der Waals surface area contributed by atoms with Crippen LogP contribution in [0.5, 0.6) is 0 Å². The molecular formula is C14H11N3O2. The molecule has 0 aliphatic carbocycles. The Labute approximate surface area is 109 Å². The maximum Gasteiger partial charge on any atom is 0.347 e. The van der Waals surface area contributed by atoms with Crippen LogP contribution in [0.3, 0.4) is 0 Å². The van der Waals surface area contributed by atoms with Gasteiger partial charge in [0.25, 0.3) is 0 Å². The molecule has 5 nitrogen and oxygen atoms in total. The number of nitrogens with zero attached hydrogens (tertiary/aromatic N) is 3. The second kappa shape index (κ2) is 5.27. The molecule has 0 fully saturated rings. The molecule has 1 heterocycles. The minimum atomic E-state index is -0.451. The average Bonchev–Trinajstić information content (AvgIpc) is 2.43. The molecule has 0 bridgehead atoms. The third kappa shape index (κ3) is 2.93. The molecule has 0 saturated carbocycles. The molecule has 0 saturated heterocycles. The van der Waals surface area contributed by atoms with Crippen LogP contribution in [-0.2, 0) is 6.54 Å². The number of aryl methyl sites for hydroxylation is 1. The standard InChI is InChI=1S/C14H11N3O2/c1-10-7-16-14(19)17(8-10)9-13(18)12-4-2-11(6-15)3-5-12/h2-5,7-8H,9H2,1H3. The van der Waals surface area contributed by atoms with Crippen LogP contribution in [0.15, 0.2) is 41.5 Å². The summed E-state index contributed by atoms with van der Waals surface area (Å²) in [7, 11) is 0. The van der Waals surface area contributed by atoms with Gasteiger partial charge in [-0.05, 0) is 24.6 Å². The van der Waals surface area contributed by atoms with E-state index in [9.17, 15) is 9.59 Å². The molecule has 0 unspecified atom stereocenters. The van der Waals surface area contributed by atoms with Crippen LogP contribution in [0.1, 0.15) is 21.5 Å². The Bertz CT molecular complexity index is 709. The lowest BCUT2D eigenvalue weighted by molar-refractivity contribution is 0.0970. The summed E-state index contributed by atoms with van der Waals surface area (Å²) < 4.78 is 1.27. The van der Waals surface area contributed by atoms with Gasteiger partial charge in [0.15, 0.2) is 5.78 Å².